The molecule has 1 heterocycles. The average molecular weight is 423 g/mol. The highest BCUT2D eigenvalue weighted by Crippen LogP contribution is 2.26. The number of anilines is 2. The lowest BCUT2D eigenvalue weighted by atomic mass is 9.99. The molecule has 30 heavy (non-hydrogen) atoms. The molecular weight excluding hydrogens is 400 g/mol. The maximum atomic E-state index is 12.8. The summed E-state index contributed by atoms with van der Waals surface area (Å²) >= 11 is 6.39. The Morgan fingerprint density at radius 1 is 1.03 bits per heavy atom. The van der Waals surface area contributed by atoms with Gasteiger partial charge in [-0.15, -0.1) is 0 Å². The maximum absolute atomic E-state index is 12.8. The van der Waals surface area contributed by atoms with E-state index in [1.54, 1.807) is 36.5 Å². The van der Waals surface area contributed by atoms with Gasteiger partial charge in [-0.05, 0) is 43.2 Å². The van der Waals surface area contributed by atoms with Gasteiger partial charge in [-0.25, -0.2) is 4.79 Å². The number of hydrogen-bond acceptors (Lipinski definition) is 5. The standard InChI is InChI=1S/C24H23ClN2O3/c1-3-4-11-30-24(29)17-12-19(15-26-14-17)27-18-9-10-21(22(25)13-18)23(28)20-8-6-5-7-16(20)2/h5-10,12-15,27H,3-4,11H2,1-2H3. The third-order valence-corrected chi connectivity index (χ3v) is 4.91. The van der Waals surface area contributed by atoms with Crippen LogP contribution in [-0.2, 0) is 4.74 Å². The SMILES string of the molecule is CCCCOC(=O)c1cncc(Nc2ccc(C(=O)c3ccccc3C)c(Cl)c2)c1. The van der Waals surface area contributed by atoms with Crippen molar-refractivity contribution < 1.29 is 14.3 Å². The van der Waals surface area contributed by atoms with Gasteiger partial charge >= 0.3 is 5.97 Å². The van der Waals surface area contributed by atoms with E-state index in [-0.39, 0.29) is 5.78 Å². The zero-order valence-electron chi connectivity index (χ0n) is 16.9. The van der Waals surface area contributed by atoms with Gasteiger partial charge in [0.05, 0.1) is 29.1 Å². The van der Waals surface area contributed by atoms with E-state index in [9.17, 15) is 9.59 Å². The molecule has 0 fully saturated rings. The number of unbranched alkanes of at least 4 members (excludes halogenated alkanes) is 1. The molecule has 3 aromatic rings. The maximum Gasteiger partial charge on any atom is 0.339 e. The summed E-state index contributed by atoms with van der Waals surface area (Å²) in [5.41, 5.74) is 3.62. The number of aryl methyl sites for hydroxylation is 1. The first-order valence-corrected chi connectivity index (χ1v) is 10.2. The molecule has 0 bridgehead atoms. The quantitative estimate of drug-likeness (QED) is 0.275. The van der Waals surface area contributed by atoms with E-state index in [1.165, 1.54) is 6.20 Å². The first kappa shape index (κ1) is 21.5. The molecule has 0 aliphatic carbocycles. The number of esters is 1. The van der Waals surface area contributed by atoms with Crippen molar-refractivity contribution in [3.05, 3.63) is 88.2 Å². The molecule has 0 atom stereocenters. The second kappa shape index (κ2) is 10.0. The minimum Gasteiger partial charge on any atom is -0.462 e. The van der Waals surface area contributed by atoms with E-state index in [1.807, 2.05) is 32.0 Å². The molecule has 0 spiro atoms. The van der Waals surface area contributed by atoms with E-state index in [2.05, 4.69) is 10.3 Å². The summed E-state index contributed by atoms with van der Waals surface area (Å²) in [6, 6.07) is 14.2. The van der Waals surface area contributed by atoms with Gasteiger partial charge in [0.15, 0.2) is 5.78 Å². The predicted octanol–water partition coefficient (Wildman–Crippen LogP) is 5.97. The molecule has 0 radical (unpaired) electrons. The lowest BCUT2D eigenvalue weighted by Gasteiger charge is -2.11. The summed E-state index contributed by atoms with van der Waals surface area (Å²) in [4.78, 5) is 29.0. The molecule has 5 nitrogen and oxygen atoms in total. The van der Waals surface area contributed by atoms with E-state index >= 15 is 0 Å². The summed E-state index contributed by atoms with van der Waals surface area (Å²) in [6.07, 6.45) is 4.85. The van der Waals surface area contributed by atoms with Gasteiger partial charge in [-0.1, -0.05) is 49.2 Å². The highest BCUT2D eigenvalue weighted by atomic mass is 35.5. The second-order valence-corrected chi connectivity index (χ2v) is 7.32. The molecule has 6 heteroatoms. The Labute approximate surface area is 181 Å². The van der Waals surface area contributed by atoms with Crippen LogP contribution in [0.3, 0.4) is 0 Å². The van der Waals surface area contributed by atoms with Gasteiger partial charge in [0.25, 0.3) is 0 Å². The fourth-order valence-corrected chi connectivity index (χ4v) is 3.20. The van der Waals surface area contributed by atoms with Crippen molar-refractivity contribution in [2.24, 2.45) is 0 Å². The molecule has 154 valence electrons. The molecule has 2 aromatic carbocycles. The zero-order chi connectivity index (χ0) is 21.5. The summed E-state index contributed by atoms with van der Waals surface area (Å²) in [5.74, 6) is -0.528. The third kappa shape index (κ3) is 5.24. The Balaban J connectivity index is 1.75. The van der Waals surface area contributed by atoms with Gasteiger partial charge in [0.1, 0.15) is 0 Å². The molecular formula is C24H23ClN2O3. The number of carbonyl (C=O) groups excluding carboxylic acids is 2. The Bertz CT molecular complexity index is 1070. The van der Waals surface area contributed by atoms with Crippen LogP contribution in [0.5, 0.6) is 0 Å². The number of carbonyl (C=O) groups is 2. The number of benzene rings is 2. The minimum atomic E-state index is -0.406. The van der Waals surface area contributed by atoms with Crippen molar-refractivity contribution in [2.75, 3.05) is 11.9 Å². The molecule has 1 aromatic heterocycles. The lowest BCUT2D eigenvalue weighted by Crippen LogP contribution is -2.07. The number of pyridine rings is 1. The molecule has 0 saturated heterocycles. The van der Waals surface area contributed by atoms with Crippen molar-refractivity contribution in [1.82, 2.24) is 4.98 Å². The van der Waals surface area contributed by atoms with Crippen LogP contribution >= 0.6 is 11.6 Å². The minimum absolute atomic E-state index is 0.122. The van der Waals surface area contributed by atoms with Crippen LogP contribution in [-0.4, -0.2) is 23.3 Å². The van der Waals surface area contributed by atoms with Gasteiger partial charge < -0.3 is 10.1 Å². The number of halogens is 1. The Morgan fingerprint density at radius 2 is 1.83 bits per heavy atom. The summed E-state index contributed by atoms with van der Waals surface area (Å²) in [6.45, 7) is 4.31. The van der Waals surface area contributed by atoms with Crippen molar-refractivity contribution >= 4 is 34.7 Å². The molecule has 0 unspecified atom stereocenters. The highest BCUT2D eigenvalue weighted by Gasteiger charge is 2.15. The van der Waals surface area contributed by atoms with Crippen LogP contribution in [0, 0.1) is 6.92 Å². The number of ketones is 1. The van der Waals surface area contributed by atoms with Gasteiger partial charge in [-0.2, -0.15) is 0 Å². The Morgan fingerprint density at radius 3 is 2.57 bits per heavy atom. The smallest absolute Gasteiger partial charge is 0.339 e. The first-order chi connectivity index (χ1) is 14.5. The summed E-state index contributed by atoms with van der Waals surface area (Å²) in [7, 11) is 0. The number of aromatic nitrogens is 1. The summed E-state index contributed by atoms with van der Waals surface area (Å²) in [5, 5.41) is 3.50. The fraction of sp³-hybridized carbons (Fsp3) is 0.208. The van der Waals surface area contributed by atoms with Crippen LogP contribution in [0.25, 0.3) is 0 Å². The van der Waals surface area contributed by atoms with Gasteiger partial charge in [0.2, 0.25) is 0 Å². The topological polar surface area (TPSA) is 68.3 Å². The first-order valence-electron chi connectivity index (χ1n) is 9.78. The third-order valence-electron chi connectivity index (χ3n) is 4.60. The summed E-state index contributed by atoms with van der Waals surface area (Å²) < 4.78 is 5.22. The van der Waals surface area contributed by atoms with Crippen molar-refractivity contribution in [2.45, 2.75) is 26.7 Å². The van der Waals surface area contributed by atoms with E-state index in [4.69, 9.17) is 16.3 Å². The largest absolute Gasteiger partial charge is 0.462 e. The number of rotatable bonds is 8. The highest BCUT2D eigenvalue weighted by molar-refractivity contribution is 6.35. The van der Waals surface area contributed by atoms with Crippen LogP contribution in [0.4, 0.5) is 11.4 Å². The number of hydrogen-bond donors (Lipinski definition) is 1. The Hall–Kier alpha value is -3.18. The van der Waals surface area contributed by atoms with Crippen LogP contribution in [0.2, 0.25) is 5.02 Å². The van der Waals surface area contributed by atoms with E-state index < -0.39 is 5.97 Å². The van der Waals surface area contributed by atoms with Crippen molar-refractivity contribution in [1.29, 1.82) is 0 Å². The van der Waals surface area contributed by atoms with Crippen molar-refractivity contribution in [3.63, 3.8) is 0 Å². The van der Waals surface area contributed by atoms with Crippen molar-refractivity contribution in [3.8, 4) is 0 Å². The monoisotopic (exact) mass is 422 g/mol. The Kier molecular flexibility index (Phi) is 7.20. The van der Waals surface area contributed by atoms with Crippen LogP contribution in [0.1, 0.15) is 51.6 Å². The van der Waals surface area contributed by atoms with Crippen LogP contribution in [0.15, 0.2) is 60.9 Å². The molecule has 1 N–H and O–H groups in total. The molecule has 0 amide bonds. The normalized spacial score (nSPS) is 10.5. The molecule has 3 rings (SSSR count). The number of nitrogens with one attached hydrogen (secondary N) is 1. The van der Waals surface area contributed by atoms with E-state index in [0.717, 1.165) is 18.4 Å². The van der Waals surface area contributed by atoms with Gasteiger partial charge in [-0.3, -0.25) is 9.78 Å². The molecule has 0 saturated carbocycles. The average Bonchev–Trinajstić information content (AvgIpc) is 2.74. The van der Waals surface area contributed by atoms with E-state index in [0.29, 0.717) is 39.7 Å². The number of ether oxygens (including phenoxy) is 1. The fourth-order valence-electron chi connectivity index (χ4n) is 2.93. The molecule has 0 aliphatic heterocycles. The second-order valence-electron chi connectivity index (χ2n) is 6.92. The predicted molar refractivity (Wildman–Crippen MR) is 119 cm³/mol. The molecule has 0 aliphatic rings. The van der Waals surface area contributed by atoms with Crippen LogP contribution < -0.4 is 5.32 Å². The zero-order valence-corrected chi connectivity index (χ0v) is 17.7. The lowest BCUT2D eigenvalue weighted by molar-refractivity contribution is 0.0499. The number of nitrogens with zero attached hydrogens (tertiary/aromatic N) is 1. The van der Waals surface area contributed by atoms with Gasteiger partial charge in [0, 0.05) is 23.0 Å².